The summed E-state index contributed by atoms with van der Waals surface area (Å²) in [6.45, 7) is 2.63. The Morgan fingerprint density at radius 3 is 2.64 bits per heavy atom. The molecule has 0 saturated heterocycles. The number of rotatable bonds is 5. The highest BCUT2D eigenvalue weighted by atomic mass is 79.9. The molecule has 124 valence electrons. The number of halogens is 2. The first-order chi connectivity index (χ1) is 10.1. The average molecular weight is 408 g/mol. The minimum atomic E-state index is -0.0912. The topological polar surface area (TPSA) is 55.1 Å². The van der Waals surface area contributed by atoms with Gasteiger partial charge in [0.05, 0.1) is 5.25 Å². The lowest BCUT2D eigenvalue weighted by Gasteiger charge is -2.32. The number of hydrogen-bond donors (Lipinski definition) is 2. The lowest BCUT2D eigenvalue weighted by molar-refractivity contribution is -0.121. The number of benzene rings is 1. The zero-order chi connectivity index (χ0) is 15.2. The lowest BCUT2D eigenvalue weighted by atomic mass is 9.84. The maximum Gasteiger partial charge on any atom is 0.233 e. The van der Waals surface area contributed by atoms with Gasteiger partial charge in [-0.05, 0) is 56.5 Å². The first-order valence-corrected chi connectivity index (χ1v) is 9.20. The minimum Gasteiger partial charge on any atom is -0.352 e. The molecule has 1 aromatic rings. The number of nitrogens with two attached hydrogens (primary N) is 1. The van der Waals surface area contributed by atoms with Crippen LogP contribution in [-0.4, -0.2) is 23.7 Å². The number of carbonyl (C=O) groups excluding carboxylic acids is 1. The van der Waals surface area contributed by atoms with Gasteiger partial charge in [0.15, 0.2) is 0 Å². The van der Waals surface area contributed by atoms with Gasteiger partial charge in [-0.25, -0.2) is 0 Å². The Morgan fingerprint density at radius 2 is 2.00 bits per heavy atom. The van der Waals surface area contributed by atoms with Gasteiger partial charge in [0.2, 0.25) is 5.91 Å². The van der Waals surface area contributed by atoms with E-state index < -0.39 is 0 Å². The molecule has 3 atom stereocenters. The first kappa shape index (κ1) is 19.8. The number of thioether (sulfide) groups is 1. The predicted octanol–water partition coefficient (Wildman–Crippen LogP) is 3.99. The van der Waals surface area contributed by atoms with Crippen LogP contribution in [0.15, 0.2) is 33.6 Å². The van der Waals surface area contributed by atoms with Crippen LogP contribution >= 0.6 is 40.1 Å². The van der Waals surface area contributed by atoms with Crippen LogP contribution in [0.5, 0.6) is 0 Å². The van der Waals surface area contributed by atoms with Crippen molar-refractivity contribution in [1.29, 1.82) is 0 Å². The summed E-state index contributed by atoms with van der Waals surface area (Å²) in [4.78, 5) is 13.5. The van der Waals surface area contributed by atoms with E-state index in [1.165, 1.54) is 12.8 Å². The van der Waals surface area contributed by atoms with Gasteiger partial charge < -0.3 is 11.1 Å². The molecule has 22 heavy (non-hydrogen) atoms. The van der Waals surface area contributed by atoms with Crippen molar-refractivity contribution in [1.82, 2.24) is 5.32 Å². The zero-order valence-corrected chi connectivity index (χ0v) is 16.0. The van der Waals surface area contributed by atoms with Gasteiger partial charge in [-0.1, -0.05) is 28.8 Å². The van der Waals surface area contributed by atoms with E-state index in [9.17, 15) is 4.79 Å². The number of nitrogens with one attached hydrogen (secondary N) is 1. The summed E-state index contributed by atoms with van der Waals surface area (Å²) in [5.74, 6) is 0.556. The van der Waals surface area contributed by atoms with Crippen molar-refractivity contribution in [3.8, 4) is 0 Å². The Bertz CT molecular complexity index is 472. The van der Waals surface area contributed by atoms with Crippen LogP contribution in [0.2, 0.25) is 0 Å². The van der Waals surface area contributed by atoms with Crippen LogP contribution in [0.4, 0.5) is 0 Å². The molecule has 1 aliphatic rings. The molecule has 6 heteroatoms. The van der Waals surface area contributed by atoms with Crippen LogP contribution in [0.25, 0.3) is 0 Å². The third kappa shape index (κ3) is 5.76. The van der Waals surface area contributed by atoms with Crippen molar-refractivity contribution in [3.63, 3.8) is 0 Å². The second-order valence-electron chi connectivity index (χ2n) is 5.61. The largest absolute Gasteiger partial charge is 0.352 e. The van der Waals surface area contributed by atoms with Gasteiger partial charge in [-0.2, -0.15) is 0 Å². The van der Waals surface area contributed by atoms with Crippen LogP contribution in [0.1, 0.15) is 32.6 Å². The quantitative estimate of drug-likeness (QED) is 0.726. The molecule has 2 rings (SSSR count). The van der Waals surface area contributed by atoms with Crippen LogP contribution in [-0.2, 0) is 4.79 Å². The molecule has 1 aliphatic carbocycles. The standard InChI is InChI=1S/C16H23BrN2OS.ClH/c1-11(21-14-8-6-13(17)7-9-14)16(20)19-15-5-3-2-4-12(15)10-18;/h6-9,11-12,15H,2-5,10,18H2,1H3,(H,19,20);1H. The van der Waals surface area contributed by atoms with Crippen molar-refractivity contribution in [3.05, 3.63) is 28.7 Å². The SMILES string of the molecule is CC(Sc1ccc(Br)cc1)C(=O)NC1CCCCC1CN.Cl. The van der Waals surface area contributed by atoms with E-state index in [-0.39, 0.29) is 29.6 Å². The van der Waals surface area contributed by atoms with E-state index in [0.717, 1.165) is 22.2 Å². The average Bonchev–Trinajstić information content (AvgIpc) is 2.50. The Labute approximate surface area is 151 Å². The van der Waals surface area contributed by atoms with Gasteiger partial charge in [0.1, 0.15) is 0 Å². The molecule has 0 bridgehead atoms. The van der Waals surface area contributed by atoms with Crippen LogP contribution in [0.3, 0.4) is 0 Å². The molecule has 3 nitrogen and oxygen atoms in total. The van der Waals surface area contributed by atoms with Crippen LogP contribution in [0, 0.1) is 5.92 Å². The fourth-order valence-corrected chi connectivity index (χ4v) is 3.89. The van der Waals surface area contributed by atoms with Crippen molar-refractivity contribution in [2.75, 3.05) is 6.54 Å². The molecule has 0 spiro atoms. The summed E-state index contributed by atoms with van der Waals surface area (Å²) in [7, 11) is 0. The first-order valence-electron chi connectivity index (χ1n) is 7.53. The Morgan fingerprint density at radius 1 is 1.36 bits per heavy atom. The van der Waals surface area contributed by atoms with Gasteiger partial charge in [-0.3, -0.25) is 4.79 Å². The maximum atomic E-state index is 12.4. The number of amides is 1. The summed E-state index contributed by atoms with van der Waals surface area (Å²) in [5, 5.41) is 3.11. The van der Waals surface area contributed by atoms with E-state index in [0.29, 0.717) is 12.5 Å². The smallest absolute Gasteiger partial charge is 0.233 e. The Hall–Kier alpha value is -0.230. The second kappa shape index (κ2) is 9.81. The van der Waals surface area contributed by atoms with E-state index in [1.54, 1.807) is 11.8 Å². The molecule has 0 aliphatic heterocycles. The molecule has 0 radical (unpaired) electrons. The van der Waals surface area contributed by atoms with E-state index in [1.807, 2.05) is 31.2 Å². The number of carbonyl (C=O) groups is 1. The molecule has 0 aromatic heterocycles. The molecular formula is C16H24BrClN2OS. The van der Waals surface area contributed by atoms with Gasteiger partial charge in [0.25, 0.3) is 0 Å². The normalized spacial score (nSPS) is 22.5. The number of hydrogen-bond acceptors (Lipinski definition) is 3. The van der Waals surface area contributed by atoms with E-state index in [2.05, 4.69) is 21.2 Å². The predicted molar refractivity (Wildman–Crippen MR) is 99.7 cm³/mol. The summed E-state index contributed by atoms with van der Waals surface area (Å²) in [6.07, 6.45) is 4.62. The molecule has 0 heterocycles. The van der Waals surface area contributed by atoms with Gasteiger partial charge in [-0.15, -0.1) is 24.2 Å². The Balaban J connectivity index is 0.00000242. The third-order valence-electron chi connectivity index (χ3n) is 4.04. The fraction of sp³-hybridized carbons (Fsp3) is 0.562. The molecule has 1 saturated carbocycles. The second-order valence-corrected chi connectivity index (χ2v) is 7.94. The summed E-state index contributed by atoms with van der Waals surface area (Å²) >= 11 is 5.01. The Kier molecular flexibility index (Phi) is 8.83. The lowest BCUT2D eigenvalue weighted by Crippen LogP contribution is -2.47. The molecular weight excluding hydrogens is 384 g/mol. The molecule has 1 aromatic carbocycles. The monoisotopic (exact) mass is 406 g/mol. The van der Waals surface area contributed by atoms with Gasteiger partial charge in [0, 0.05) is 15.4 Å². The van der Waals surface area contributed by atoms with E-state index >= 15 is 0 Å². The molecule has 1 fully saturated rings. The van der Waals surface area contributed by atoms with Crippen molar-refractivity contribution in [2.24, 2.45) is 11.7 Å². The van der Waals surface area contributed by atoms with Crippen LogP contribution < -0.4 is 11.1 Å². The molecule has 1 amide bonds. The summed E-state index contributed by atoms with van der Waals surface area (Å²) in [5.41, 5.74) is 5.82. The zero-order valence-electron chi connectivity index (χ0n) is 12.8. The van der Waals surface area contributed by atoms with Gasteiger partial charge >= 0.3 is 0 Å². The highest BCUT2D eigenvalue weighted by molar-refractivity contribution is 9.10. The highest BCUT2D eigenvalue weighted by Gasteiger charge is 2.27. The molecule has 3 N–H and O–H groups in total. The fourth-order valence-electron chi connectivity index (χ4n) is 2.75. The minimum absolute atomic E-state index is 0. The molecule has 3 unspecified atom stereocenters. The van der Waals surface area contributed by atoms with Crippen molar-refractivity contribution >= 4 is 46.0 Å². The van der Waals surface area contributed by atoms with E-state index in [4.69, 9.17) is 5.73 Å². The summed E-state index contributed by atoms with van der Waals surface area (Å²) < 4.78 is 1.05. The third-order valence-corrected chi connectivity index (χ3v) is 5.68. The van der Waals surface area contributed by atoms with Crippen molar-refractivity contribution in [2.45, 2.75) is 48.8 Å². The van der Waals surface area contributed by atoms with Crippen molar-refractivity contribution < 1.29 is 4.79 Å². The summed E-state index contributed by atoms with van der Waals surface area (Å²) in [6, 6.07) is 8.31. The highest BCUT2D eigenvalue weighted by Crippen LogP contribution is 2.27. The maximum absolute atomic E-state index is 12.4.